The van der Waals surface area contributed by atoms with Gasteiger partial charge in [-0.05, 0) is 63.7 Å². The number of anilines is 6. The van der Waals surface area contributed by atoms with E-state index in [2.05, 4.69) is 19.9 Å². The second-order valence-electron chi connectivity index (χ2n) is 9.08. The summed E-state index contributed by atoms with van der Waals surface area (Å²) in [5, 5.41) is 0. The number of hydrogen-bond donors (Lipinski definition) is 6. The van der Waals surface area contributed by atoms with Crippen molar-refractivity contribution in [3.63, 3.8) is 0 Å². The second kappa shape index (κ2) is 4.22. The molecule has 3 aliphatic rings. The highest BCUT2D eigenvalue weighted by atomic mass is 14.8. The molecular formula is C23H24N6. The monoisotopic (exact) mass is 384 g/mol. The number of nitrogen functional groups attached to an aromatic ring is 6. The molecule has 3 atom stereocenters. The van der Waals surface area contributed by atoms with Crippen molar-refractivity contribution in [2.24, 2.45) is 0 Å². The van der Waals surface area contributed by atoms with E-state index in [0.29, 0.717) is 34.1 Å². The van der Waals surface area contributed by atoms with Gasteiger partial charge in [0.15, 0.2) is 0 Å². The van der Waals surface area contributed by atoms with E-state index in [1.807, 2.05) is 30.3 Å². The molecule has 6 heteroatoms. The molecule has 1 spiro atoms. The summed E-state index contributed by atoms with van der Waals surface area (Å²) in [6.07, 6.45) is 0. The SMILES string of the molecule is CC12c3cc(N)c(N)cc3C3(C)c4cc(cc(N)c4N)C13c1cc(N)c(N)cc12. The molecule has 12 N–H and O–H groups in total. The van der Waals surface area contributed by atoms with Gasteiger partial charge in [-0.3, -0.25) is 0 Å². The predicted molar refractivity (Wildman–Crippen MR) is 119 cm³/mol. The fourth-order valence-corrected chi connectivity index (χ4v) is 6.93. The third-order valence-corrected chi connectivity index (χ3v) is 8.15. The Labute approximate surface area is 168 Å². The van der Waals surface area contributed by atoms with Gasteiger partial charge in [0.2, 0.25) is 0 Å². The molecule has 0 saturated heterocycles. The highest BCUT2D eigenvalue weighted by molar-refractivity contribution is 5.91. The molecule has 0 amide bonds. The average molecular weight is 384 g/mol. The van der Waals surface area contributed by atoms with E-state index in [-0.39, 0.29) is 10.8 Å². The van der Waals surface area contributed by atoms with E-state index < -0.39 is 5.41 Å². The summed E-state index contributed by atoms with van der Waals surface area (Å²) in [6.45, 7) is 4.49. The molecule has 0 fully saturated rings. The molecule has 2 bridgehead atoms. The van der Waals surface area contributed by atoms with Gasteiger partial charge >= 0.3 is 0 Å². The molecule has 3 aromatic rings. The lowest BCUT2D eigenvalue weighted by molar-refractivity contribution is 0.226. The number of hydrogen-bond acceptors (Lipinski definition) is 6. The van der Waals surface area contributed by atoms with Crippen molar-refractivity contribution in [1.29, 1.82) is 0 Å². The summed E-state index contributed by atoms with van der Waals surface area (Å²) in [6, 6.07) is 12.3. The molecular weight excluding hydrogens is 360 g/mol. The van der Waals surface area contributed by atoms with Gasteiger partial charge in [-0.1, -0.05) is 19.9 Å². The smallest absolute Gasteiger partial charge is 0.0590 e. The van der Waals surface area contributed by atoms with Gasteiger partial charge in [0.1, 0.15) is 0 Å². The van der Waals surface area contributed by atoms with Crippen LogP contribution in [0.15, 0.2) is 36.4 Å². The van der Waals surface area contributed by atoms with Crippen molar-refractivity contribution in [3.8, 4) is 0 Å². The van der Waals surface area contributed by atoms with Crippen molar-refractivity contribution < 1.29 is 0 Å². The van der Waals surface area contributed by atoms with E-state index in [0.717, 1.165) is 27.8 Å². The van der Waals surface area contributed by atoms with Gasteiger partial charge < -0.3 is 34.4 Å². The van der Waals surface area contributed by atoms with Gasteiger partial charge in [-0.25, -0.2) is 0 Å². The van der Waals surface area contributed by atoms with Crippen LogP contribution in [0, 0.1) is 0 Å². The molecule has 0 saturated carbocycles. The first kappa shape index (κ1) is 16.4. The summed E-state index contributed by atoms with van der Waals surface area (Å²) in [7, 11) is 0. The highest BCUT2D eigenvalue weighted by Gasteiger charge is 2.77. The predicted octanol–water partition coefficient (Wildman–Crippen LogP) is 2.42. The largest absolute Gasteiger partial charge is 0.397 e. The summed E-state index contributed by atoms with van der Waals surface area (Å²) in [5.41, 5.74) is 47.0. The lowest BCUT2D eigenvalue weighted by Gasteiger charge is -2.59. The Kier molecular flexibility index (Phi) is 2.39. The van der Waals surface area contributed by atoms with E-state index in [9.17, 15) is 0 Å². The topological polar surface area (TPSA) is 156 Å². The Hall–Kier alpha value is -3.54. The fraction of sp³-hybridized carbons (Fsp3) is 0.217. The van der Waals surface area contributed by atoms with Gasteiger partial charge in [-0.15, -0.1) is 0 Å². The van der Waals surface area contributed by atoms with Gasteiger partial charge in [-0.2, -0.15) is 0 Å². The Morgan fingerprint density at radius 3 is 1.41 bits per heavy atom. The van der Waals surface area contributed by atoms with Gasteiger partial charge in [0, 0.05) is 16.2 Å². The molecule has 29 heavy (non-hydrogen) atoms. The molecule has 0 aromatic heterocycles. The summed E-state index contributed by atoms with van der Waals surface area (Å²) < 4.78 is 0. The summed E-state index contributed by atoms with van der Waals surface area (Å²) >= 11 is 0. The first-order valence-corrected chi connectivity index (χ1v) is 9.70. The standard InChI is InChI=1S/C23H24N6/c1-21-10-5-15(24)16(25)6-11(10)22(2)14-3-9(4-19(28)20(14)29)23(21,22)13-8-18(27)17(26)7-12(13)21/h3-8H,24-29H2,1-2H3. The van der Waals surface area contributed by atoms with E-state index in [4.69, 9.17) is 34.4 Å². The van der Waals surface area contributed by atoms with E-state index in [1.165, 1.54) is 5.56 Å². The van der Waals surface area contributed by atoms with Crippen LogP contribution >= 0.6 is 0 Å². The highest BCUT2D eigenvalue weighted by Crippen LogP contribution is 2.79. The van der Waals surface area contributed by atoms with Gasteiger partial charge in [0.05, 0.1) is 34.1 Å². The zero-order chi connectivity index (χ0) is 20.7. The Bertz CT molecular complexity index is 1310. The number of benzene rings is 3. The quantitative estimate of drug-likeness (QED) is 0.327. The summed E-state index contributed by atoms with van der Waals surface area (Å²) in [5.74, 6) is 0. The number of fused-ring (bicyclic) bond motifs is 8. The van der Waals surface area contributed by atoms with Crippen molar-refractivity contribution in [1.82, 2.24) is 0 Å². The third-order valence-electron chi connectivity index (χ3n) is 8.15. The lowest BCUT2D eigenvalue weighted by Crippen LogP contribution is -2.61. The normalized spacial score (nSPS) is 29.6. The maximum Gasteiger partial charge on any atom is 0.0590 e. The lowest BCUT2D eigenvalue weighted by atomic mass is 9.41. The van der Waals surface area contributed by atoms with Crippen LogP contribution in [0.3, 0.4) is 0 Å². The van der Waals surface area contributed by atoms with Crippen LogP contribution in [0.1, 0.15) is 47.2 Å². The van der Waals surface area contributed by atoms with Crippen LogP contribution in [0.25, 0.3) is 0 Å². The number of nitrogens with two attached hydrogens (primary N) is 6. The van der Waals surface area contributed by atoms with Crippen LogP contribution in [-0.2, 0) is 16.2 Å². The fourth-order valence-electron chi connectivity index (χ4n) is 6.93. The van der Waals surface area contributed by atoms with Crippen molar-refractivity contribution >= 4 is 34.1 Å². The van der Waals surface area contributed by atoms with Crippen molar-refractivity contribution in [3.05, 3.63) is 69.8 Å². The first-order valence-electron chi connectivity index (χ1n) is 9.70. The molecule has 0 heterocycles. The Morgan fingerprint density at radius 2 is 0.897 bits per heavy atom. The van der Waals surface area contributed by atoms with Crippen molar-refractivity contribution in [2.45, 2.75) is 30.1 Å². The zero-order valence-electron chi connectivity index (χ0n) is 16.4. The van der Waals surface area contributed by atoms with Crippen LogP contribution in [0.5, 0.6) is 0 Å². The van der Waals surface area contributed by atoms with Crippen molar-refractivity contribution in [2.75, 3.05) is 34.4 Å². The molecule has 146 valence electrons. The van der Waals surface area contributed by atoms with Crippen LogP contribution in [0.2, 0.25) is 0 Å². The molecule has 0 radical (unpaired) electrons. The molecule has 3 unspecified atom stereocenters. The minimum absolute atomic E-state index is 0.356. The molecule has 3 aliphatic carbocycles. The van der Waals surface area contributed by atoms with E-state index in [1.54, 1.807) is 0 Å². The molecule has 6 nitrogen and oxygen atoms in total. The van der Waals surface area contributed by atoms with Gasteiger partial charge in [0.25, 0.3) is 0 Å². The maximum atomic E-state index is 6.51. The zero-order valence-corrected chi connectivity index (χ0v) is 16.4. The van der Waals surface area contributed by atoms with Crippen LogP contribution < -0.4 is 34.4 Å². The maximum absolute atomic E-state index is 6.51. The number of rotatable bonds is 0. The van der Waals surface area contributed by atoms with Crippen LogP contribution in [-0.4, -0.2) is 0 Å². The molecule has 0 aliphatic heterocycles. The average Bonchev–Trinajstić information content (AvgIpc) is 2.98. The minimum atomic E-state index is -0.439. The molecule has 6 rings (SSSR count). The van der Waals surface area contributed by atoms with E-state index >= 15 is 0 Å². The summed E-state index contributed by atoms with van der Waals surface area (Å²) in [4.78, 5) is 0. The molecule has 3 aromatic carbocycles. The second-order valence-corrected chi connectivity index (χ2v) is 9.08. The van der Waals surface area contributed by atoms with Crippen LogP contribution in [0.4, 0.5) is 34.1 Å². The third kappa shape index (κ3) is 1.27. The first-order chi connectivity index (χ1) is 13.6. The Morgan fingerprint density at radius 1 is 0.483 bits per heavy atom. The Balaban J connectivity index is 1.86. The minimum Gasteiger partial charge on any atom is -0.397 e.